The molecule has 5 nitrogen and oxygen atoms in total. The van der Waals surface area contributed by atoms with Crippen molar-refractivity contribution in [1.82, 2.24) is 15.0 Å². The molecule has 0 aromatic carbocycles. The minimum atomic E-state index is 0.169. The Morgan fingerprint density at radius 2 is 2.53 bits per heavy atom. The molecule has 2 heterocycles. The lowest BCUT2D eigenvalue weighted by Crippen LogP contribution is -2.35. The highest BCUT2D eigenvalue weighted by atomic mass is 16.5. The van der Waals surface area contributed by atoms with Gasteiger partial charge < -0.3 is 9.32 Å². The van der Waals surface area contributed by atoms with Crippen molar-refractivity contribution in [3.05, 3.63) is 11.7 Å². The maximum Gasteiger partial charge on any atom is 0.240 e. The predicted octanol–water partition coefficient (Wildman–Crippen LogP) is 0.789. The monoisotopic (exact) mass is 209 g/mol. The number of hydrogen-bond donors (Lipinski definition) is 0. The number of hydrogen-bond acceptors (Lipinski definition) is 5. The summed E-state index contributed by atoms with van der Waals surface area (Å²) in [7, 11) is 0. The highest BCUT2D eigenvalue weighted by molar-refractivity contribution is 5.53. The molecule has 1 aliphatic rings. The normalized spacial score (nSPS) is 22.9. The zero-order valence-corrected chi connectivity index (χ0v) is 8.85. The second kappa shape index (κ2) is 4.53. The second-order valence-electron chi connectivity index (χ2n) is 4.01. The minimum absolute atomic E-state index is 0.169. The summed E-state index contributed by atoms with van der Waals surface area (Å²) in [6.45, 7) is 4.28. The van der Waals surface area contributed by atoms with E-state index in [9.17, 15) is 4.79 Å². The molecular weight excluding hydrogens is 194 g/mol. The summed E-state index contributed by atoms with van der Waals surface area (Å²) in [6, 6.07) is 0. The van der Waals surface area contributed by atoms with Crippen LogP contribution < -0.4 is 0 Å². The highest BCUT2D eigenvalue weighted by Gasteiger charge is 2.20. The summed E-state index contributed by atoms with van der Waals surface area (Å²) in [5, 5.41) is 3.74. The van der Waals surface area contributed by atoms with Gasteiger partial charge in [0, 0.05) is 12.5 Å². The van der Waals surface area contributed by atoms with Crippen molar-refractivity contribution in [2.75, 3.05) is 13.1 Å². The lowest BCUT2D eigenvalue weighted by atomic mass is 10.00. The number of likely N-dealkylation sites (tertiary alicyclic amines) is 1. The fraction of sp³-hybridized carbons (Fsp3) is 0.700. The van der Waals surface area contributed by atoms with Crippen molar-refractivity contribution in [2.45, 2.75) is 26.3 Å². The van der Waals surface area contributed by atoms with Crippen LogP contribution in [-0.4, -0.2) is 34.4 Å². The molecule has 0 aliphatic carbocycles. The van der Waals surface area contributed by atoms with Gasteiger partial charge in [0.15, 0.2) is 5.82 Å². The number of aromatic nitrogens is 2. The van der Waals surface area contributed by atoms with Crippen molar-refractivity contribution < 1.29 is 9.32 Å². The van der Waals surface area contributed by atoms with Crippen molar-refractivity contribution >= 4 is 6.29 Å². The minimum Gasteiger partial charge on any atom is -0.338 e. The van der Waals surface area contributed by atoms with E-state index in [-0.39, 0.29) is 5.92 Å². The fourth-order valence-electron chi connectivity index (χ4n) is 1.94. The van der Waals surface area contributed by atoms with Crippen LogP contribution in [0.5, 0.6) is 0 Å². The zero-order valence-electron chi connectivity index (χ0n) is 8.85. The van der Waals surface area contributed by atoms with Crippen LogP contribution in [0.4, 0.5) is 0 Å². The molecule has 0 N–H and O–H groups in total. The van der Waals surface area contributed by atoms with Crippen molar-refractivity contribution in [3.8, 4) is 0 Å². The maximum atomic E-state index is 10.7. The maximum absolute atomic E-state index is 10.7. The summed E-state index contributed by atoms with van der Waals surface area (Å²) < 4.78 is 5.04. The van der Waals surface area contributed by atoms with Gasteiger partial charge in [0.1, 0.15) is 6.29 Å². The number of carbonyl (C=O) groups is 1. The lowest BCUT2D eigenvalue weighted by Gasteiger charge is -2.28. The zero-order chi connectivity index (χ0) is 10.7. The molecule has 82 valence electrons. The number of carbonyl (C=O) groups excluding carboxylic acids is 1. The van der Waals surface area contributed by atoms with E-state index in [0.717, 1.165) is 32.2 Å². The molecule has 1 aromatic heterocycles. The van der Waals surface area contributed by atoms with Crippen LogP contribution in [0.15, 0.2) is 4.52 Å². The van der Waals surface area contributed by atoms with E-state index in [1.165, 1.54) is 0 Å². The van der Waals surface area contributed by atoms with Crippen LogP contribution in [0.3, 0.4) is 0 Å². The summed E-state index contributed by atoms with van der Waals surface area (Å²) in [6.07, 6.45) is 3.12. The Labute approximate surface area is 88.5 Å². The van der Waals surface area contributed by atoms with Crippen molar-refractivity contribution in [1.29, 1.82) is 0 Å². The van der Waals surface area contributed by atoms with Gasteiger partial charge >= 0.3 is 0 Å². The van der Waals surface area contributed by atoms with E-state index in [4.69, 9.17) is 4.52 Å². The first kappa shape index (κ1) is 10.3. The summed E-state index contributed by atoms with van der Waals surface area (Å²) in [5.41, 5.74) is 0. The van der Waals surface area contributed by atoms with Crippen LogP contribution in [-0.2, 0) is 11.3 Å². The Morgan fingerprint density at radius 1 is 1.67 bits per heavy atom. The molecule has 1 fully saturated rings. The van der Waals surface area contributed by atoms with Gasteiger partial charge in [-0.3, -0.25) is 4.90 Å². The molecule has 0 saturated carbocycles. The molecule has 2 rings (SSSR count). The third-order valence-electron chi connectivity index (χ3n) is 2.66. The Balaban J connectivity index is 1.91. The van der Waals surface area contributed by atoms with Gasteiger partial charge in [-0.15, -0.1) is 0 Å². The van der Waals surface area contributed by atoms with E-state index in [1.807, 2.05) is 0 Å². The van der Waals surface area contributed by atoms with Crippen LogP contribution in [0, 0.1) is 12.8 Å². The molecule has 1 aromatic rings. The average Bonchev–Trinajstić information content (AvgIpc) is 2.64. The van der Waals surface area contributed by atoms with Gasteiger partial charge in [-0.05, 0) is 26.3 Å². The molecular formula is C10H15N3O2. The number of nitrogens with zero attached hydrogens (tertiary/aromatic N) is 3. The van der Waals surface area contributed by atoms with E-state index in [0.29, 0.717) is 18.3 Å². The first-order valence-corrected chi connectivity index (χ1v) is 5.25. The van der Waals surface area contributed by atoms with E-state index >= 15 is 0 Å². The van der Waals surface area contributed by atoms with Gasteiger partial charge in [0.2, 0.25) is 5.89 Å². The quantitative estimate of drug-likeness (QED) is 0.689. The molecule has 0 amide bonds. The first-order chi connectivity index (χ1) is 7.28. The van der Waals surface area contributed by atoms with Crippen LogP contribution in [0.2, 0.25) is 0 Å². The van der Waals surface area contributed by atoms with Crippen molar-refractivity contribution in [3.63, 3.8) is 0 Å². The third-order valence-corrected chi connectivity index (χ3v) is 2.66. The Hall–Kier alpha value is -1.23. The first-order valence-electron chi connectivity index (χ1n) is 5.25. The van der Waals surface area contributed by atoms with Gasteiger partial charge in [0.05, 0.1) is 6.54 Å². The van der Waals surface area contributed by atoms with E-state index < -0.39 is 0 Å². The largest absolute Gasteiger partial charge is 0.338 e. The average molecular weight is 209 g/mol. The number of aryl methyl sites for hydroxylation is 1. The molecule has 0 spiro atoms. The van der Waals surface area contributed by atoms with Gasteiger partial charge in [0.25, 0.3) is 0 Å². The van der Waals surface area contributed by atoms with Gasteiger partial charge in [-0.25, -0.2) is 0 Å². The van der Waals surface area contributed by atoms with E-state index in [1.54, 1.807) is 6.92 Å². The number of piperidine rings is 1. The molecule has 1 saturated heterocycles. The Morgan fingerprint density at radius 3 is 3.20 bits per heavy atom. The molecule has 1 aliphatic heterocycles. The standard InChI is InChI=1S/C10H15N3O2/c1-8-11-10(15-12-8)6-13-4-2-3-9(5-13)7-14/h7,9H,2-6H2,1H3. The molecule has 0 bridgehead atoms. The Bertz CT molecular complexity index is 337. The number of aldehydes is 1. The SMILES string of the molecule is Cc1noc(CN2CCCC(C=O)C2)n1. The fourth-order valence-corrected chi connectivity index (χ4v) is 1.94. The van der Waals surface area contributed by atoms with Crippen LogP contribution in [0.25, 0.3) is 0 Å². The van der Waals surface area contributed by atoms with Crippen LogP contribution >= 0.6 is 0 Å². The molecule has 5 heteroatoms. The molecule has 0 radical (unpaired) electrons. The van der Waals surface area contributed by atoms with Crippen molar-refractivity contribution in [2.24, 2.45) is 5.92 Å². The van der Waals surface area contributed by atoms with Crippen LogP contribution in [0.1, 0.15) is 24.6 Å². The molecule has 1 atom stereocenters. The van der Waals surface area contributed by atoms with Gasteiger partial charge in [-0.2, -0.15) is 4.98 Å². The topological polar surface area (TPSA) is 59.2 Å². The third kappa shape index (κ3) is 2.62. The summed E-state index contributed by atoms with van der Waals surface area (Å²) >= 11 is 0. The number of rotatable bonds is 3. The molecule has 15 heavy (non-hydrogen) atoms. The smallest absolute Gasteiger partial charge is 0.240 e. The second-order valence-corrected chi connectivity index (χ2v) is 4.01. The summed E-state index contributed by atoms with van der Waals surface area (Å²) in [5.74, 6) is 1.47. The highest BCUT2D eigenvalue weighted by Crippen LogP contribution is 2.16. The Kier molecular flexibility index (Phi) is 3.11. The lowest BCUT2D eigenvalue weighted by molar-refractivity contribution is -0.112. The van der Waals surface area contributed by atoms with Gasteiger partial charge in [-0.1, -0.05) is 5.16 Å². The summed E-state index contributed by atoms with van der Waals surface area (Å²) in [4.78, 5) is 17.0. The van der Waals surface area contributed by atoms with E-state index in [2.05, 4.69) is 15.0 Å². The predicted molar refractivity (Wildman–Crippen MR) is 53.1 cm³/mol. The molecule has 1 unspecified atom stereocenters.